The monoisotopic (exact) mass is 200 g/mol. The fourth-order valence-electron chi connectivity index (χ4n) is 2.27. The van der Waals surface area contributed by atoms with E-state index in [0.29, 0.717) is 32.3 Å². The summed E-state index contributed by atoms with van der Waals surface area (Å²) < 4.78 is 11.3. The topological polar surface area (TPSA) is 55.8 Å². The molecule has 1 aliphatic heterocycles. The summed E-state index contributed by atoms with van der Waals surface area (Å²) in [6, 6.07) is 0. The highest BCUT2D eigenvalue weighted by Crippen LogP contribution is 2.39. The minimum Gasteiger partial charge on any atom is -0.481 e. The number of ether oxygens (including phenoxy) is 2. The van der Waals surface area contributed by atoms with Gasteiger partial charge in [0.05, 0.1) is 18.6 Å². The molecule has 0 unspecified atom stereocenters. The number of hydrogen-bond donors (Lipinski definition) is 1. The molecule has 0 aromatic rings. The average Bonchev–Trinajstić information content (AvgIpc) is 2.48. The Morgan fingerprint density at radius 2 is 2.07 bits per heavy atom. The van der Waals surface area contributed by atoms with Crippen molar-refractivity contribution in [2.75, 3.05) is 6.61 Å². The molecule has 0 aromatic carbocycles. The van der Waals surface area contributed by atoms with Gasteiger partial charge in [-0.25, -0.2) is 0 Å². The molecule has 1 atom stereocenters. The molecule has 4 heteroatoms. The van der Waals surface area contributed by atoms with E-state index in [1.807, 2.05) is 6.92 Å². The van der Waals surface area contributed by atoms with Crippen LogP contribution in [0.1, 0.15) is 32.6 Å². The van der Waals surface area contributed by atoms with Crippen molar-refractivity contribution in [1.82, 2.24) is 0 Å². The van der Waals surface area contributed by atoms with E-state index in [2.05, 4.69) is 0 Å². The van der Waals surface area contributed by atoms with Crippen molar-refractivity contribution in [2.24, 2.45) is 5.92 Å². The van der Waals surface area contributed by atoms with Crippen molar-refractivity contribution >= 4 is 5.97 Å². The standard InChI is InChI=1S/C10H16O4/c1-7-6-13-10(14-7)4-2-8(3-5-10)9(11)12/h7-8H,2-6H2,1H3,(H,11,12)/t7-,8?,10?/m0/s1. The SMILES string of the molecule is C[C@H]1COC2(CCC(C(=O)O)CC2)O1. The Morgan fingerprint density at radius 1 is 1.43 bits per heavy atom. The summed E-state index contributed by atoms with van der Waals surface area (Å²) in [7, 11) is 0. The Balaban J connectivity index is 1.92. The number of aliphatic carboxylic acids is 1. The van der Waals surface area contributed by atoms with E-state index < -0.39 is 11.8 Å². The number of carbonyl (C=O) groups is 1. The lowest BCUT2D eigenvalue weighted by Crippen LogP contribution is -2.37. The highest BCUT2D eigenvalue weighted by atomic mass is 16.7. The molecule has 1 saturated carbocycles. The molecule has 0 radical (unpaired) electrons. The molecule has 1 spiro atoms. The maximum atomic E-state index is 10.7. The second kappa shape index (κ2) is 3.51. The first-order chi connectivity index (χ1) is 6.61. The lowest BCUT2D eigenvalue weighted by atomic mass is 9.85. The van der Waals surface area contributed by atoms with Gasteiger partial charge in [0.2, 0.25) is 0 Å². The van der Waals surface area contributed by atoms with Crippen LogP contribution in [-0.4, -0.2) is 29.6 Å². The highest BCUT2D eigenvalue weighted by molar-refractivity contribution is 5.70. The van der Waals surface area contributed by atoms with Crippen molar-refractivity contribution < 1.29 is 19.4 Å². The minimum atomic E-state index is -0.689. The van der Waals surface area contributed by atoms with Gasteiger partial charge < -0.3 is 14.6 Å². The maximum absolute atomic E-state index is 10.7. The molecule has 0 amide bonds. The molecule has 0 bridgehead atoms. The van der Waals surface area contributed by atoms with Gasteiger partial charge in [-0.2, -0.15) is 0 Å². The summed E-state index contributed by atoms with van der Waals surface area (Å²) >= 11 is 0. The van der Waals surface area contributed by atoms with E-state index >= 15 is 0 Å². The predicted octanol–water partition coefficient (Wildman–Crippen LogP) is 1.39. The van der Waals surface area contributed by atoms with Crippen LogP contribution < -0.4 is 0 Å². The first-order valence-corrected chi connectivity index (χ1v) is 5.16. The van der Waals surface area contributed by atoms with Gasteiger partial charge >= 0.3 is 5.97 Å². The highest BCUT2D eigenvalue weighted by Gasteiger charge is 2.44. The molecule has 1 aliphatic carbocycles. The summed E-state index contributed by atoms with van der Waals surface area (Å²) in [6.45, 7) is 2.62. The molecule has 14 heavy (non-hydrogen) atoms. The Bertz CT molecular complexity index is 230. The van der Waals surface area contributed by atoms with E-state index in [-0.39, 0.29) is 12.0 Å². The largest absolute Gasteiger partial charge is 0.481 e. The van der Waals surface area contributed by atoms with Crippen LogP contribution in [0.4, 0.5) is 0 Å². The van der Waals surface area contributed by atoms with Gasteiger partial charge in [-0.05, 0) is 19.8 Å². The zero-order valence-corrected chi connectivity index (χ0v) is 8.36. The zero-order valence-electron chi connectivity index (χ0n) is 8.36. The van der Waals surface area contributed by atoms with Gasteiger partial charge in [0.15, 0.2) is 5.79 Å². The molecule has 1 saturated heterocycles. The predicted molar refractivity (Wildman–Crippen MR) is 48.8 cm³/mol. The Labute approximate surface area is 83.2 Å². The van der Waals surface area contributed by atoms with E-state index in [4.69, 9.17) is 14.6 Å². The van der Waals surface area contributed by atoms with Crippen molar-refractivity contribution in [3.8, 4) is 0 Å². The number of carboxylic acids is 1. The van der Waals surface area contributed by atoms with Crippen LogP contribution in [0.25, 0.3) is 0 Å². The van der Waals surface area contributed by atoms with Crippen LogP contribution in [0.15, 0.2) is 0 Å². The van der Waals surface area contributed by atoms with E-state index in [9.17, 15) is 4.79 Å². The van der Waals surface area contributed by atoms with Crippen LogP contribution >= 0.6 is 0 Å². The van der Waals surface area contributed by atoms with Gasteiger partial charge in [0.25, 0.3) is 0 Å². The molecule has 0 aromatic heterocycles. The summed E-state index contributed by atoms with van der Waals surface area (Å²) in [4.78, 5) is 10.7. The summed E-state index contributed by atoms with van der Waals surface area (Å²) in [6.07, 6.45) is 2.92. The normalized spacial score (nSPS) is 42.9. The van der Waals surface area contributed by atoms with Crippen LogP contribution in [-0.2, 0) is 14.3 Å². The first-order valence-electron chi connectivity index (χ1n) is 5.16. The van der Waals surface area contributed by atoms with E-state index in [1.54, 1.807) is 0 Å². The van der Waals surface area contributed by atoms with Gasteiger partial charge in [0.1, 0.15) is 0 Å². The maximum Gasteiger partial charge on any atom is 0.306 e. The lowest BCUT2D eigenvalue weighted by molar-refractivity contribution is -0.193. The second-order valence-electron chi connectivity index (χ2n) is 4.26. The number of rotatable bonds is 1. The Morgan fingerprint density at radius 3 is 2.50 bits per heavy atom. The van der Waals surface area contributed by atoms with Crippen molar-refractivity contribution in [1.29, 1.82) is 0 Å². The fraction of sp³-hybridized carbons (Fsp3) is 0.900. The molecule has 1 N–H and O–H groups in total. The van der Waals surface area contributed by atoms with Crippen molar-refractivity contribution in [3.05, 3.63) is 0 Å². The van der Waals surface area contributed by atoms with E-state index in [1.165, 1.54) is 0 Å². The molecule has 2 rings (SSSR count). The molecule has 80 valence electrons. The zero-order chi connectivity index (χ0) is 10.2. The molecular formula is C10H16O4. The smallest absolute Gasteiger partial charge is 0.306 e. The van der Waals surface area contributed by atoms with Crippen LogP contribution in [0.5, 0.6) is 0 Å². The molecular weight excluding hydrogens is 184 g/mol. The Kier molecular flexibility index (Phi) is 2.49. The van der Waals surface area contributed by atoms with Crippen LogP contribution in [0.3, 0.4) is 0 Å². The third-order valence-electron chi connectivity index (χ3n) is 3.09. The van der Waals surface area contributed by atoms with Gasteiger partial charge in [-0.3, -0.25) is 4.79 Å². The molecule has 1 heterocycles. The summed E-state index contributed by atoms with van der Waals surface area (Å²) in [5, 5.41) is 8.84. The molecule has 4 nitrogen and oxygen atoms in total. The average molecular weight is 200 g/mol. The molecule has 2 fully saturated rings. The summed E-state index contributed by atoms with van der Waals surface area (Å²) in [5.74, 6) is -1.35. The van der Waals surface area contributed by atoms with Crippen LogP contribution in [0.2, 0.25) is 0 Å². The third-order valence-corrected chi connectivity index (χ3v) is 3.09. The lowest BCUT2D eigenvalue weighted by Gasteiger charge is -2.34. The summed E-state index contributed by atoms with van der Waals surface area (Å²) in [5.41, 5.74) is 0. The first kappa shape index (κ1) is 9.93. The third kappa shape index (κ3) is 1.77. The van der Waals surface area contributed by atoms with Gasteiger partial charge in [-0.15, -0.1) is 0 Å². The number of hydrogen-bond acceptors (Lipinski definition) is 3. The quantitative estimate of drug-likeness (QED) is 0.695. The number of carboxylic acid groups (broad SMARTS) is 1. The second-order valence-corrected chi connectivity index (χ2v) is 4.26. The fourth-order valence-corrected chi connectivity index (χ4v) is 2.27. The van der Waals surface area contributed by atoms with E-state index in [0.717, 1.165) is 0 Å². The van der Waals surface area contributed by atoms with Gasteiger partial charge in [-0.1, -0.05) is 0 Å². The van der Waals surface area contributed by atoms with Crippen LogP contribution in [0, 0.1) is 5.92 Å². The van der Waals surface area contributed by atoms with Gasteiger partial charge in [0, 0.05) is 12.8 Å². The Hall–Kier alpha value is -0.610. The molecule has 2 aliphatic rings. The van der Waals surface area contributed by atoms with Crippen molar-refractivity contribution in [3.63, 3.8) is 0 Å². The minimum absolute atomic E-state index is 0.149. The van der Waals surface area contributed by atoms with Crippen molar-refractivity contribution in [2.45, 2.75) is 44.5 Å².